The lowest BCUT2D eigenvalue weighted by Crippen LogP contribution is -2.12. The summed E-state index contributed by atoms with van der Waals surface area (Å²) in [6.07, 6.45) is 0. The van der Waals surface area contributed by atoms with Crippen molar-refractivity contribution in [2.75, 3.05) is 26.4 Å². The van der Waals surface area contributed by atoms with Crippen molar-refractivity contribution >= 4 is 23.9 Å². The third-order valence-corrected chi connectivity index (χ3v) is 8.04. The van der Waals surface area contributed by atoms with Crippen molar-refractivity contribution in [3.8, 4) is 45.3 Å². The minimum Gasteiger partial charge on any atom is -0.490 e. The fourth-order valence-electron chi connectivity index (χ4n) is 5.04. The van der Waals surface area contributed by atoms with E-state index >= 15 is 0 Å². The van der Waals surface area contributed by atoms with Gasteiger partial charge in [-0.25, -0.2) is 19.2 Å². The van der Waals surface area contributed by atoms with Gasteiger partial charge in [0.1, 0.15) is 49.4 Å². The second-order valence-electron chi connectivity index (χ2n) is 12.4. The topological polar surface area (TPSA) is 124 Å². The van der Waals surface area contributed by atoms with Gasteiger partial charge in [0, 0.05) is 11.1 Å². The number of ether oxygens (including phenoxy) is 6. The molecule has 0 unspecified atom stereocenters. The zero-order valence-corrected chi connectivity index (χ0v) is 30.8. The van der Waals surface area contributed by atoms with E-state index in [-0.39, 0.29) is 26.4 Å². The van der Waals surface area contributed by atoms with E-state index in [1.165, 1.54) is 0 Å². The van der Waals surface area contributed by atoms with Crippen LogP contribution in [0, 0.1) is 6.92 Å². The number of benzene rings is 5. The number of carbonyl (C=O) groups excluding carboxylic acids is 4. The molecule has 0 aliphatic heterocycles. The fourth-order valence-corrected chi connectivity index (χ4v) is 5.04. The van der Waals surface area contributed by atoms with Crippen LogP contribution < -0.4 is 18.9 Å². The highest BCUT2D eigenvalue weighted by Crippen LogP contribution is 2.28. The maximum atomic E-state index is 13.0. The Labute approximate surface area is 319 Å². The van der Waals surface area contributed by atoms with Crippen molar-refractivity contribution in [1.82, 2.24) is 0 Å². The van der Waals surface area contributed by atoms with Crippen LogP contribution in [0.4, 0.5) is 0 Å². The van der Waals surface area contributed by atoms with E-state index in [1.807, 2.05) is 72.8 Å². The van der Waals surface area contributed by atoms with Crippen LogP contribution in [0.5, 0.6) is 23.0 Å². The molecule has 0 spiro atoms. The largest absolute Gasteiger partial charge is 0.490 e. The number of carbonyl (C=O) groups is 4. The molecule has 55 heavy (non-hydrogen) atoms. The van der Waals surface area contributed by atoms with Crippen molar-refractivity contribution in [3.63, 3.8) is 0 Å². The number of aryl methyl sites for hydroxylation is 1. The quantitative estimate of drug-likeness (QED) is 0.0420. The molecule has 0 aliphatic carbocycles. The zero-order valence-electron chi connectivity index (χ0n) is 30.8. The van der Waals surface area contributed by atoms with Crippen LogP contribution in [-0.4, -0.2) is 50.3 Å². The molecule has 0 aromatic heterocycles. The van der Waals surface area contributed by atoms with E-state index in [2.05, 4.69) is 13.2 Å². The third kappa shape index (κ3) is 11.3. The standard InChI is InChI=1S/C45H40O10/c1-29(2)42(46)52-26-24-50-38-18-14-34(15-19-38)32-6-10-36(11-7-32)44(48)54-40-22-23-41(31(5)28-40)55-45(49)37-12-8-33(9-13-37)35-16-20-39(21-17-35)51-25-27-53-43(47)30(3)4/h6-23,28H,1,3,24-27H2,2,4-5H3. The van der Waals surface area contributed by atoms with Gasteiger partial charge < -0.3 is 28.4 Å². The molecule has 5 rings (SSSR count). The molecule has 5 aromatic rings. The molecule has 0 radical (unpaired) electrons. The van der Waals surface area contributed by atoms with Gasteiger partial charge in [-0.05, 0) is 115 Å². The predicted octanol–water partition coefficient (Wildman–Crippen LogP) is 8.76. The summed E-state index contributed by atoms with van der Waals surface area (Å²) in [5.41, 5.74) is 5.66. The van der Waals surface area contributed by atoms with Gasteiger partial charge in [0.15, 0.2) is 0 Å². The number of esters is 4. The minimum absolute atomic E-state index is 0.121. The van der Waals surface area contributed by atoms with Crippen LogP contribution in [0.25, 0.3) is 22.3 Å². The van der Waals surface area contributed by atoms with E-state index in [4.69, 9.17) is 28.4 Å². The summed E-state index contributed by atoms with van der Waals surface area (Å²) < 4.78 is 32.6. The predicted molar refractivity (Wildman–Crippen MR) is 207 cm³/mol. The number of rotatable bonds is 16. The SMILES string of the molecule is C=C(C)C(=O)OCCOc1ccc(-c2ccc(C(=O)Oc3ccc(OC(=O)c4ccc(-c5ccc(OCCOC(=O)C(=C)C)cc5)cc4)c(C)c3)cc2)cc1. The first-order chi connectivity index (χ1) is 26.5. The van der Waals surface area contributed by atoms with Crippen molar-refractivity contribution in [2.45, 2.75) is 20.8 Å². The average Bonchev–Trinajstić information content (AvgIpc) is 3.19. The molecule has 0 bridgehead atoms. The Bertz CT molecular complexity index is 2170. The Morgan fingerprint density at radius 3 is 1.22 bits per heavy atom. The maximum absolute atomic E-state index is 13.0. The Kier molecular flexibility index (Phi) is 13.4. The first-order valence-electron chi connectivity index (χ1n) is 17.3. The Balaban J connectivity index is 1.09. The Morgan fingerprint density at radius 2 is 0.836 bits per heavy atom. The molecule has 0 heterocycles. The van der Waals surface area contributed by atoms with Gasteiger partial charge >= 0.3 is 23.9 Å². The van der Waals surface area contributed by atoms with Crippen LogP contribution in [-0.2, 0) is 19.1 Å². The lowest BCUT2D eigenvalue weighted by molar-refractivity contribution is -0.140. The number of hydrogen-bond donors (Lipinski definition) is 0. The molecule has 10 nitrogen and oxygen atoms in total. The van der Waals surface area contributed by atoms with Crippen LogP contribution in [0.3, 0.4) is 0 Å². The third-order valence-electron chi connectivity index (χ3n) is 8.04. The summed E-state index contributed by atoms with van der Waals surface area (Å²) in [4.78, 5) is 48.8. The molecule has 0 aliphatic rings. The molecule has 0 saturated heterocycles. The van der Waals surface area contributed by atoms with Crippen molar-refractivity contribution in [2.24, 2.45) is 0 Å². The molecular weight excluding hydrogens is 700 g/mol. The average molecular weight is 741 g/mol. The van der Waals surface area contributed by atoms with Crippen LogP contribution >= 0.6 is 0 Å². The molecule has 0 saturated carbocycles. The summed E-state index contributed by atoms with van der Waals surface area (Å²) in [7, 11) is 0. The summed E-state index contributed by atoms with van der Waals surface area (Å²) in [6.45, 7) is 12.7. The van der Waals surface area contributed by atoms with Gasteiger partial charge in [-0.15, -0.1) is 0 Å². The molecule has 0 N–H and O–H groups in total. The molecule has 0 atom stereocenters. The van der Waals surface area contributed by atoms with Crippen molar-refractivity contribution in [1.29, 1.82) is 0 Å². The van der Waals surface area contributed by atoms with Gasteiger partial charge in [0.25, 0.3) is 0 Å². The smallest absolute Gasteiger partial charge is 0.343 e. The first-order valence-corrected chi connectivity index (χ1v) is 17.3. The van der Waals surface area contributed by atoms with Gasteiger partial charge in [-0.1, -0.05) is 61.7 Å². The fraction of sp³-hybridized carbons (Fsp3) is 0.156. The summed E-state index contributed by atoms with van der Waals surface area (Å²) in [5.74, 6) is -0.0588. The van der Waals surface area contributed by atoms with Crippen molar-refractivity contribution in [3.05, 3.63) is 156 Å². The maximum Gasteiger partial charge on any atom is 0.343 e. The Morgan fingerprint density at radius 1 is 0.473 bits per heavy atom. The van der Waals surface area contributed by atoms with Gasteiger partial charge in [-0.3, -0.25) is 0 Å². The second-order valence-corrected chi connectivity index (χ2v) is 12.4. The van der Waals surface area contributed by atoms with E-state index in [0.29, 0.717) is 50.8 Å². The second kappa shape index (κ2) is 18.7. The highest BCUT2D eigenvalue weighted by molar-refractivity contribution is 5.93. The van der Waals surface area contributed by atoms with Gasteiger partial charge in [0.05, 0.1) is 11.1 Å². The molecular formula is C45H40O10. The normalized spacial score (nSPS) is 10.5. The van der Waals surface area contributed by atoms with Crippen molar-refractivity contribution < 1.29 is 47.6 Å². The van der Waals surface area contributed by atoms with E-state index in [9.17, 15) is 19.2 Å². The molecule has 5 aromatic carbocycles. The minimum atomic E-state index is -0.532. The zero-order chi connectivity index (χ0) is 39.3. The van der Waals surface area contributed by atoms with Gasteiger partial charge in [0.2, 0.25) is 0 Å². The van der Waals surface area contributed by atoms with Crippen LogP contribution in [0.15, 0.2) is 140 Å². The monoisotopic (exact) mass is 740 g/mol. The first kappa shape index (κ1) is 39.3. The van der Waals surface area contributed by atoms with Crippen LogP contribution in [0.1, 0.15) is 40.1 Å². The van der Waals surface area contributed by atoms with E-state index in [1.54, 1.807) is 63.2 Å². The number of hydrogen-bond acceptors (Lipinski definition) is 10. The molecule has 280 valence electrons. The lowest BCUT2D eigenvalue weighted by atomic mass is 10.0. The van der Waals surface area contributed by atoms with Gasteiger partial charge in [-0.2, -0.15) is 0 Å². The molecule has 10 heteroatoms. The highest BCUT2D eigenvalue weighted by atomic mass is 16.6. The van der Waals surface area contributed by atoms with E-state index in [0.717, 1.165) is 22.3 Å². The lowest BCUT2D eigenvalue weighted by Gasteiger charge is -2.11. The Hall–Kier alpha value is -6.94. The summed E-state index contributed by atoms with van der Waals surface area (Å²) in [5, 5.41) is 0. The molecule has 0 amide bonds. The highest BCUT2D eigenvalue weighted by Gasteiger charge is 2.14. The van der Waals surface area contributed by atoms with Crippen LogP contribution in [0.2, 0.25) is 0 Å². The summed E-state index contributed by atoms with van der Waals surface area (Å²) >= 11 is 0. The molecule has 0 fully saturated rings. The summed E-state index contributed by atoms with van der Waals surface area (Å²) in [6, 6.07) is 33.7. The van der Waals surface area contributed by atoms with E-state index < -0.39 is 23.9 Å².